The van der Waals surface area contributed by atoms with Gasteiger partial charge in [-0.2, -0.15) is 0 Å². The number of hydrogen-bond acceptors (Lipinski definition) is 3. The summed E-state index contributed by atoms with van der Waals surface area (Å²) in [5.74, 6) is 0.770. The van der Waals surface area contributed by atoms with E-state index in [4.69, 9.17) is 0 Å². The van der Waals surface area contributed by atoms with Crippen molar-refractivity contribution in [2.45, 2.75) is 93.4 Å². The highest BCUT2D eigenvalue weighted by Gasteiger charge is 2.32. The van der Waals surface area contributed by atoms with Crippen molar-refractivity contribution in [1.82, 2.24) is 0 Å². The lowest BCUT2D eigenvalue weighted by Crippen LogP contribution is -2.29. The first-order chi connectivity index (χ1) is 16.5. The molecule has 0 spiro atoms. The van der Waals surface area contributed by atoms with E-state index < -0.39 is 0 Å². The molecule has 0 N–H and O–H groups in total. The second kappa shape index (κ2) is 13.5. The Kier molecular flexibility index (Phi) is 11.1. The Morgan fingerprint density at radius 3 is 2.06 bits per heavy atom. The molecule has 35 heavy (non-hydrogen) atoms. The molecule has 0 heterocycles. The number of fused-ring (bicyclic) bond motifs is 1. The molecule has 3 atom stereocenters. The molecular weight excluding hydrogens is 432 g/mol. The zero-order valence-corrected chi connectivity index (χ0v) is 22.9. The van der Waals surface area contributed by atoms with Gasteiger partial charge in [-0.3, -0.25) is 14.4 Å². The Bertz CT molecular complexity index is 983. The molecule has 1 aliphatic rings. The van der Waals surface area contributed by atoms with Gasteiger partial charge in [-0.15, -0.1) is 0 Å². The molecule has 3 rings (SSSR count). The molecule has 2 aromatic carbocycles. The highest BCUT2D eigenvalue weighted by atomic mass is 16.1. The highest BCUT2D eigenvalue weighted by molar-refractivity contribution is 6.00. The third-order valence-corrected chi connectivity index (χ3v) is 7.13. The van der Waals surface area contributed by atoms with E-state index in [2.05, 4.69) is 52.0 Å². The van der Waals surface area contributed by atoms with Crippen molar-refractivity contribution in [3.8, 4) is 0 Å². The molecule has 0 aliphatic heterocycles. The lowest BCUT2D eigenvalue weighted by Gasteiger charge is -2.31. The minimum absolute atomic E-state index is 0.0460. The Morgan fingerprint density at radius 2 is 1.54 bits per heavy atom. The predicted molar refractivity (Wildman–Crippen MR) is 145 cm³/mol. The summed E-state index contributed by atoms with van der Waals surface area (Å²) >= 11 is 0. The average Bonchev–Trinajstić information content (AvgIpc) is 2.73. The molecule has 3 heteroatoms. The largest absolute Gasteiger partial charge is 0.300 e. The molecule has 3 nitrogen and oxygen atoms in total. The summed E-state index contributed by atoms with van der Waals surface area (Å²) in [5.41, 5.74) is 7.20. The minimum atomic E-state index is -0.0622. The minimum Gasteiger partial charge on any atom is -0.300 e. The van der Waals surface area contributed by atoms with Gasteiger partial charge in [0.1, 0.15) is 11.6 Å². The van der Waals surface area contributed by atoms with Gasteiger partial charge < -0.3 is 0 Å². The van der Waals surface area contributed by atoms with Crippen LogP contribution >= 0.6 is 0 Å². The number of aryl methyl sites for hydroxylation is 4. The molecule has 190 valence electrons. The number of benzene rings is 2. The van der Waals surface area contributed by atoms with Crippen molar-refractivity contribution < 1.29 is 14.4 Å². The molecule has 0 saturated carbocycles. The highest BCUT2D eigenvalue weighted by Crippen LogP contribution is 2.36. The van der Waals surface area contributed by atoms with Crippen LogP contribution in [0.4, 0.5) is 0 Å². The van der Waals surface area contributed by atoms with Gasteiger partial charge in [0.25, 0.3) is 0 Å². The van der Waals surface area contributed by atoms with Crippen LogP contribution in [0, 0.1) is 45.4 Å². The molecule has 2 aromatic rings. The number of hydrogen-bond donors (Lipinski definition) is 0. The fraction of sp³-hybridized carbons (Fsp3) is 0.531. The first-order valence-electron chi connectivity index (χ1n) is 13.2. The summed E-state index contributed by atoms with van der Waals surface area (Å²) in [6.45, 7) is 14.0. The maximum Gasteiger partial charge on any atom is 0.163 e. The molecule has 0 fully saturated rings. The topological polar surface area (TPSA) is 51.2 Å². The lowest BCUT2D eigenvalue weighted by molar-refractivity contribution is -0.129. The SMILES string of the molecule is CCCC(CC1CC(=O)c2c(C)cccc2C1)C(CC)C(=O)CC(C)=O.Cc1cc(C)cc(C)c1. The van der Waals surface area contributed by atoms with E-state index in [-0.39, 0.29) is 35.6 Å². The molecule has 0 radical (unpaired) electrons. The summed E-state index contributed by atoms with van der Waals surface area (Å²) in [6.07, 6.45) is 5.21. The van der Waals surface area contributed by atoms with Crippen LogP contribution in [0.15, 0.2) is 36.4 Å². The maximum atomic E-state index is 12.7. The van der Waals surface area contributed by atoms with Gasteiger partial charge in [0.15, 0.2) is 5.78 Å². The summed E-state index contributed by atoms with van der Waals surface area (Å²) in [4.78, 5) is 36.6. The number of carbonyl (C=O) groups is 3. The van der Waals surface area contributed by atoms with Crippen molar-refractivity contribution in [2.24, 2.45) is 17.8 Å². The number of ketones is 3. The molecule has 0 bridgehead atoms. The summed E-state index contributed by atoms with van der Waals surface area (Å²) in [6, 6.07) is 12.7. The Hall–Kier alpha value is -2.55. The second-order valence-corrected chi connectivity index (χ2v) is 10.6. The fourth-order valence-corrected chi connectivity index (χ4v) is 5.90. The fourth-order valence-electron chi connectivity index (χ4n) is 5.90. The number of Topliss-reactive ketones (excluding diaryl/α,β-unsaturated/α-hetero) is 3. The first kappa shape index (κ1) is 28.7. The summed E-state index contributed by atoms with van der Waals surface area (Å²) in [5, 5.41) is 0. The van der Waals surface area contributed by atoms with E-state index in [0.717, 1.165) is 48.8 Å². The molecule has 0 saturated heterocycles. The van der Waals surface area contributed by atoms with Crippen molar-refractivity contribution >= 4 is 17.3 Å². The Morgan fingerprint density at radius 1 is 0.943 bits per heavy atom. The zero-order chi connectivity index (χ0) is 26.1. The van der Waals surface area contributed by atoms with Gasteiger partial charge in [-0.1, -0.05) is 79.8 Å². The van der Waals surface area contributed by atoms with Gasteiger partial charge in [0.05, 0.1) is 6.42 Å². The molecule has 0 aromatic heterocycles. The van der Waals surface area contributed by atoms with Gasteiger partial charge in [0.2, 0.25) is 0 Å². The average molecular weight is 477 g/mol. The number of rotatable bonds is 9. The van der Waals surface area contributed by atoms with Crippen LogP contribution in [-0.4, -0.2) is 17.3 Å². The van der Waals surface area contributed by atoms with Crippen LogP contribution < -0.4 is 0 Å². The third-order valence-electron chi connectivity index (χ3n) is 7.13. The van der Waals surface area contributed by atoms with Crippen molar-refractivity contribution in [1.29, 1.82) is 0 Å². The van der Waals surface area contributed by atoms with E-state index >= 15 is 0 Å². The third kappa shape index (κ3) is 8.56. The van der Waals surface area contributed by atoms with E-state index in [1.165, 1.54) is 23.6 Å². The van der Waals surface area contributed by atoms with E-state index in [0.29, 0.717) is 12.3 Å². The summed E-state index contributed by atoms with van der Waals surface area (Å²) in [7, 11) is 0. The van der Waals surface area contributed by atoms with Crippen LogP contribution in [-0.2, 0) is 16.0 Å². The molecular formula is C32H44O3. The lowest BCUT2D eigenvalue weighted by atomic mass is 9.72. The van der Waals surface area contributed by atoms with E-state index in [9.17, 15) is 14.4 Å². The Balaban J connectivity index is 0.000000402. The standard InChI is InChI=1S/C23H32O3.C9H12/c1-5-8-18(20(6-2)21(25)11-16(4)24)12-17-13-19-10-7-9-15(3)23(19)22(26)14-17;1-7-4-8(2)6-9(3)5-7/h7,9-10,17-18,20H,5-6,8,11-14H2,1-4H3;4-6H,1-3H3. The molecule has 1 aliphatic carbocycles. The van der Waals surface area contributed by atoms with Crippen LogP contribution in [0.5, 0.6) is 0 Å². The van der Waals surface area contributed by atoms with E-state index in [1.807, 2.05) is 26.0 Å². The van der Waals surface area contributed by atoms with Crippen molar-refractivity contribution in [3.05, 3.63) is 69.8 Å². The van der Waals surface area contributed by atoms with Gasteiger partial charge in [0, 0.05) is 17.9 Å². The predicted octanol–water partition coefficient (Wildman–Crippen LogP) is 7.73. The van der Waals surface area contributed by atoms with Gasteiger partial charge in [-0.25, -0.2) is 0 Å². The summed E-state index contributed by atoms with van der Waals surface area (Å²) < 4.78 is 0. The normalized spacial score (nSPS) is 16.5. The molecule has 0 amide bonds. The maximum absolute atomic E-state index is 12.7. The smallest absolute Gasteiger partial charge is 0.163 e. The van der Waals surface area contributed by atoms with E-state index in [1.54, 1.807) is 0 Å². The van der Waals surface area contributed by atoms with Crippen molar-refractivity contribution in [3.63, 3.8) is 0 Å². The van der Waals surface area contributed by atoms with Crippen LogP contribution in [0.2, 0.25) is 0 Å². The quantitative estimate of drug-likeness (QED) is 0.348. The van der Waals surface area contributed by atoms with Gasteiger partial charge >= 0.3 is 0 Å². The van der Waals surface area contributed by atoms with Gasteiger partial charge in [-0.05, 0) is 76.8 Å². The first-order valence-corrected chi connectivity index (χ1v) is 13.2. The van der Waals surface area contributed by atoms with Crippen molar-refractivity contribution in [2.75, 3.05) is 0 Å². The van der Waals surface area contributed by atoms with Crippen LogP contribution in [0.1, 0.15) is 97.5 Å². The van der Waals surface area contributed by atoms with Crippen LogP contribution in [0.3, 0.4) is 0 Å². The number of carbonyl (C=O) groups excluding carboxylic acids is 3. The van der Waals surface area contributed by atoms with Crippen LogP contribution in [0.25, 0.3) is 0 Å². The molecule has 3 unspecified atom stereocenters. The zero-order valence-electron chi connectivity index (χ0n) is 22.9. The second-order valence-electron chi connectivity index (χ2n) is 10.6. The monoisotopic (exact) mass is 476 g/mol. The Labute approximate surface area is 212 Å².